The van der Waals surface area contributed by atoms with Gasteiger partial charge in [-0.15, -0.1) is 0 Å². The van der Waals surface area contributed by atoms with Gasteiger partial charge in [0.05, 0.1) is 17.3 Å². The van der Waals surface area contributed by atoms with Crippen LogP contribution >= 0.6 is 11.6 Å². The van der Waals surface area contributed by atoms with E-state index >= 15 is 0 Å². The largest absolute Gasteiger partial charge is 0.345 e. The topological polar surface area (TPSA) is 34.0 Å². The van der Waals surface area contributed by atoms with Gasteiger partial charge in [-0.2, -0.15) is 0 Å². The first-order valence-electron chi connectivity index (χ1n) is 10.4. The minimum Gasteiger partial charge on any atom is -0.345 e. The van der Waals surface area contributed by atoms with Crippen molar-refractivity contribution in [1.29, 1.82) is 0 Å². The Bertz CT molecular complexity index is 1210. The van der Waals surface area contributed by atoms with Gasteiger partial charge in [-0.1, -0.05) is 72.3 Å². The Morgan fingerprint density at radius 1 is 0.903 bits per heavy atom. The average Bonchev–Trinajstić information content (AvgIpc) is 3.12. The summed E-state index contributed by atoms with van der Waals surface area (Å²) >= 11 is 6.11. The minimum atomic E-state index is -0.0890. The molecular weight excluding hydrogens is 404 g/mol. The summed E-state index contributed by atoms with van der Waals surface area (Å²) in [7, 11) is 0. The van der Waals surface area contributed by atoms with Gasteiger partial charge in [0.15, 0.2) is 0 Å². The molecule has 156 valence electrons. The van der Waals surface area contributed by atoms with E-state index in [4.69, 9.17) is 11.6 Å². The van der Waals surface area contributed by atoms with Gasteiger partial charge in [0.1, 0.15) is 0 Å². The highest BCUT2D eigenvalue weighted by Gasteiger charge is 2.21. The van der Waals surface area contributed by atoms with Crippen LogP contribution in [0, 0.1) is 13.8 Å². The van der Waals surface area contributed by atoms with Crippen LogP contribution in [-0.4, -0.2) is 10.5 Å². The Labute approximate surface area is 188 Å². The molecule has 1 heterocycles. The number of benzene rings is 3. The fourth-order valence-electron chi connectivity index (χ4n) is 3.89. The molecule has 3 nitrogen and oxygen atoms in total. The third-order valence-corrected chi connectivity index (χ3v) is 5.89. The number of para-hydroxylation sites is 1. The summed E-state index contributed by atoms with van der Waals surface area (Å²) in [5.41, 5.74) is 6.80. The molecule has 1 amide bonds. The molecule has 0 bridgehead atoms. The summed E-state index contributed by atoms with van der Waals surface area (Å²) in [5, 5.41) is 3.83. The number of hydrogen-bond acceptors (Lipinski definition) is 1. The van der Waals surface area contributed by atoms with Crippen molar-refractivity contribution in [3.05, 3.63) is 112 Å². The van der Waals surface area contributed by atoms with Gasteiger partial charge in [-0.05, 0) is 61.7 Å². The zero-order valence-electron chi connectivity index (χ0n) is 17.9. The molecule has 1 aromatic heterocycles. The molecule has 0 spiro atoms. The second-order valence-corrected chi connectivity index (χ2v) is 8.20. The number of carbonyl (C=O) groups excluding carboxylic acids is 1. The number of aryl methyl sites for hydroxylation is 1. The fourth-order valence-corrected chi connectivity index (χ4v) is 4.02. The van der Waals surface area contributed by atoms with Gasteiger partial charge in [-0.3, -0.25) is 4.79 Å². The lowest BCUT2D eigenvalue weighted by atomic mass is 10.1. The molecule has 1 unspecified atom stereocenters. The molecule has 0 saturated carbocycles. The third kappa shape index (κ3) is 4.28. The van der Waals surface area contributed by atoms with Crippen molar-refractivity contribution in [3.63, 3.8) is 0 Å². The number of carbonyl (C=O) groups is 1. The van der Waals surface area contributed by atoms with Crippen molar-refractivity contribution in [1.82, 2.24) is 9.88 Å². The highest BCUT2D eigenvalue weighted by molar-refractivity contribution is 6.30. The van der Waals surface area contributed by atoms with Gasteiger partial charge in [0.25, 0.3) is 5.91 Å². The number of hydrogen-bond donors (Lipinski definition) is 1. The second-order valence-electron chi connectivity index (χ2n) is 7.76. The molecule has 0 radical (unpaired) electrons. The molecule has 31 heavy (non-hydrogen) atoms. The van der Waals surface area contributed by atoms with Gasteiger partial charge >= 0.3 is 0 Å². The van der Waals surface area contributed by atoms with Gasteiger partial charge in [0.2, 0.25) is 0 Å². The van der Waals surface area contributed by atoms with Crippen molar-refractivity contribution < 1.29 is 4.79 Å². The molecular formula is C27H25ClN2O. The number of rotatable bonds is 5. The molecule has 1 N–H and O–H groups in total. The Morgan fingerprint density at radius 2 is 1.55 bits per heavy atom. The van der Waals surface area contributed by atoms with Crippen LogP contribution in [0.4, 0.5) is 0 Å². The minimum absolute atomic E-state index is 0.0867. The van der Waals surface area contributed by atoms with Crippen LogP contribution in [0.1, 0.15) is 40.1 Å². The van der Waals surface area contributed by atoms with E-state index in [0.717, 1.165) is 33.8 Å². The van der Waals surface area contributed by atoms with Gasteiger partial charge < -0.3 is 9.88 Å². The highest BCUT2D eigenvalue weighted by Crippen LogP contribution is 2.32. The van der Waals surface area contributed by atoms with E-state index in [2.05, 4.69) is 28.9 Å². The number of nitrogens with zero attached hydrogens (tertiary/aromatic N) is 1. The van der Waals surface area contributed by atoms with Crippen LogP contribution in [0.25, 0.3) is 16.9 Å². The van der Waals surface area contributed by atoms with E-state index in [1.807, 2.05) is 86.6 Å². The Hall–Kier alpha value is -3.30. The molecule has 0 aliphatic carbocycles. The highest BCUT2D eigenvalue weighted by atomic mass is 35.5. The Morgan fingerprint density at radius 3 is 2.23 bits per heavy atom. The number of aromatic nitrogens is 1. The lowest BCUT2D eigenvalue weighted by Gasteiger charge is -2.16. The first-order valence-corrected chi connectivity index (χ1v) is 10.7. The standard InChI is InChI=1S/C27H25ClN2O/c1-18-9-7-8-12-25(18)30-20(3)24(17-26(30)22-13-15-23(28)16-14-22)27(31)29-19(2)21-10-5-4-6-11-21/h4-17,19H,1-3H3,(H,29,31). The predicted molar refractivity (Wildman–Crippen MR) is 128 cm³/mol. The number of halogens is 1. The molecule has 4 heteroatoms. The maximum absolute atomic E-state index is 13.3. The fraction of sp³-hybridized carbons (Fsp3) is 0.148. The SMILES string of the molecule is Cc1ccccc1-n1c(-c2ccc(Cl)cc2)cc(C(=O)NC(C)c2ccccc2)c1C. The average molecular weight is 429 g/mol. The Balaban J connectivity index is 1.79. The van der Waals surface area contributed by atoms with Crippen molar-refractivity contribution in [2.75, 3.05) is 0 Å². The predicted octanol–water partition coefficient (Wildman–Crippen LogP) is 6.91. The molecule has 4 rings (SSSR count). The van der Waals surface area contributed by atoms with Crippen molar-refractivity contribution in [2.24, 2.45) is 0 Å². The van der Waals surface area contributed by atoms with Crippen LogP contribution in [0.5, 0.6) is 0 Å². The van der Waals surface area contributed by atoms with Gasteiger partial charge in [0, 0.05) is 16.4 Å². The monoisotopic (exact) mass is 428 g/mol. The van der Waals surface area contributed by atoms with E-state index in [-0.39, 0.29) is 11.9 Å². The molecule has 0 saturated heterocycles. The summed E-state index contributed by atoms with van der Waals surface area (Å²) in [6, 6.07) is 27.8. The lowest BCUT2D eigenvalue weighted by Crippen LogP contribution is -2.27. The van der Waals surface area contributed by atoms with Crippen LogP contribution in [0.15, 0.2) is 84.9 Å². The molecule has 0 aliphatic rings. The summed E-state index contributed by atoms with van der Waals surface area (Å²) < 4.78 is 2.15. The molecule has 4 aromatic rings. The van der Waals surface area contributed by atoms with Crippen LogP contribution in [0.2, 0.25) is 5.02 Å². The molecule has 0 fully saturated rings. The normalized spacial score (nSPS) is 11.9. The van der Waals surface area contributed by atoms with Crippen molar-refractivity contribution in [2.45, 2.75) is 26.8 Å². The van der Waals surface area contributed by atoms with E-state index in [9.17, 15) is 4.79 Å². The van der Waals surface area contributed by atoms with E-state index in [1.54, 1.807) is 0 Å². The van der Waals surface area contributed by atoms with Crippen LogP contribution in [0.3, 0.4) is 0 Å². The van der Waals surface area contributed by atoms with E-state index < -0.39 is 0 Å². The summed E-state index contributed by atoms with van der Waals surface area (Å²) in [6.45, 7) is 6.08. The van der Waals surface area contributed by atoms with Crippen molar-refractivity contribution in [3.8, 4) is 16.9 Å². The van der Waals surface area contributed by atoms with Crippen molar-refractivity contribution >= 4 is 17.5 Å². The van der Waals surface area contributed by atoms with Crippen LogP contribution in [-0.2, 0) is 0 Å². The van der Waals surface area contributed by atoms with E-state index in [0.29, 0.717) is 10.6 Å². The summed E-state index contributed by atoms with van der Waals surface area (Å²) in [6.07, 6.45) is 0. The third-order valence-electron chi connectivity index (χ3n) is 5.64. The smallest absolute Gasteiger partial charge is 0.253 e. The first-order chi connectivity index (χ1) is 15.0. The summed E-state index contributed by atoms with van der Waals surface area (Å²) in [5.74, 6) is -0.0867. The molecule has 1 atom stereocenters. The van der Waals surface area contributed by atoms with Gasteiger partial charge in [-0.25, -0.2) is 0 Å². The molecule has 0 aliphatic heterocycles. The number of nitrogens with one attached hydrogen (secondary N) is 1. The zero-order valence-corrected chi connectivity index (χ0v) is 18.6. The zero-order chi connectivity index (χ0) is 22.0. The second kappa shape index (κ2) is 8.83. The maximum Gasteiger partial charge on any atom is 0.253 e. The van der Waals surface area contributed by atoms with E-state index in [1.165, 1.54) is 0 Å². The number of amides is 1. The first kappa shape index (κ1) is 21.0. The quantitative estimate of drug-likeness (QED) is 0.368. The van der Waals surface area contributed by atoms with Crippen LogP contribution < -0.4 is 5.32 Å². The summed E-state index contributed by atoms with van der Waals surface area (Å²) in [4.78, 5) is 13.3. The lowest BCUT2D eigenvalue weighted by molar-refractivity contribution is 0.0939. The molecule has 3 aromatic carbocycles. The Kier molecular flexibility index (Phi) is 5.97. The maximum atomic E-state index is 13.3.